The van der Waals surface area contributed by atoms with Crippen molar-refractivity contribution < 1.29 is 14.5 Å². The van der Waals surface area contributed by atoms with Crippen LogP contribution in [0.15, 0.2) is 48.5 Å². The predicted octanol–water partition coefficient (Wildman–Crippen LogP) is 3.16. The van der Waals surface area contributed by atoms with Crippen LogP contribution < -0.4 is 16.0 Å². The minimum atomic E-state index is -0.532. The number of non-ortho nitro benzene ring substituents is 1. The number of anilines is 2. The highest BCUT2D eigenvalue weighted by molar-refractivity contribution is 6.07. The van der Waals surface area contributed by atoms with Gasteiger partial charge in [-0.05, 0) is 44.2 Å². The van der Waals surface area contributed by atoms with Crippen molar-refractivity contribution in [2.75, 3.05) is 10.6 Å². The lowest BCUT2D eigenvalue weighted by atomic mass is 10.0. The summed E-state index contributed by atoms with van der Waals surface area (Å²) in [4.78, 5) is 35.3. The smallest absolute Gasteiger partial charge is 0.269 e. The topological polar surface area (TPSA) is 142 Å². The molecule has 2 amide bonds. The number of benzene rings is 2. The van der Waals surface area contributed by atoms with Crippen LogP contribution in [0.4, 0.5) is 17.2 Å². The zero-order valence-electron chi connectivity index (χ0n) is 16.9. The highest BCUT2D eigenvalue weighted by atomic mass is 16.6. The monoisotopic (exact) mass is 420 g/mol. The zero-order chi connectivity index (χ0) is 22.2. The molecular formula is C21H20N6O4. The second kappa shape index (κ2) is 7.65. The molecule has 0 fully saturated rings. The van der Waals surface area contributed by atoms with E-state index in [-0.39, 0.29) is 22.7 Å². The third-order valence-corrected chi connectivity index (χ3v) is 5.15. The SMILES string of the molecule is CC1(C)NCc2c(NC(=O)c3cccc(NC(=O)c4ccc([N+](=O)[O-])cc4)c3)n[nH]c21. The highest BCUT2D eigenvalue weighted by Crippen LogP contribution is 2.32. The number of carbonyl (C=O) groups is 2. The molecule has 10 nitrogen and oxygen atoms in total. The Kier molecular flexibility index (Phi) is 4.99. The maximum atomic E-state index is 12.7. The lowest BCUT2D eigenvalue weighted by Gasteiger charge is -2.16. The Balaban J connectivity index is 1.46. The van der Waals surface area contributed by atoms with Gasteiger partial charge < -0.3 is 16.0 Å². The average molecular weight is 420 g/mol. The van der Waals surface area contributed by atoms with Gasteiger partial charge in [0.1, 0.15) is 0 Å². The van der Waals surface area contributed by atoms with Gasteiger partial charge in [0.15, 0.2) is 5.82 Å². The fourth-order valence-electron chi connectivity index (χ4n) is 3.41. The van der Waals surface area contributed by atoms with Crippen LogP contribution in [0.3, 0.4) is 0 Å². The van der Waals surface area contributed by atoms with E-state index in [2.05, 4.69) is 26.1 Å². The van der Waals surface area contributed by atoms with Crippen molar-refractivity contribution >= 4 is 29.0 Å². The number of rotatable bonds is 5. The molecule has 1 aromatic heterocycles. The molecule has 0 atom stereocenters. The number of nitrogens with zero attached hydrogens (tertiary/aromatic N) is 2. The number of nitro groups is 1. The maximum Gasteiger partial charge on any atom is 0.269 e. The van der Waals surface area contributed by atoms with Gasteiger partial charge in [-0.3, -0.25) is 24.8 Å². The summed E-state index contributed by atoms with van der Waals surface area (Å²) in [5.74, 6) is -0.324. The Hall–Kier alpha value is -4.05. The molecule has 0 aliphatic carbocycles. The molecular weight excluding hydrogens is 400 g/mol. The van der Waals surface area contributed by atoms with Crippen molar-refractivity contribution in [3.63, 3.8) is 0 Å². The Bertz CT molecular complexity index is 1180. The Labute approximate surface area is 177 Å². The number of aromatic amines is 1. The Morgan fingerprint density at radius 3 is 2.48 bits per heavy atom. The summed E-state index contributed by atoms with van der Waals surface area (Å²) in [6.45, 7) is 4.65. The second-order valence-corrected chi connectivity index (χ2v) is 7.70. The Morgan fingerprint density at radius 2 is 1.77 bits per heavy atom. The van der Waals surface area contributed by atoms with Gasteiger partial charge in [-0.15, -0.1) is 0 Å². The average Bonchev–Trinajstić information content (AvgIpc) is 3.29. The van der Waals surface area contributed by atoms with Gasteiger partial charge in [-0.2, -0.15) is 5.10 Å². The lowest BCUT2D eigenvalue weighted by Crippen LogP contribution is -2.29. The van der Waals surface area contributed by atoms with E-state index in [1.54, 1.807) is 24.3 Å². The van der Waals surface area contributed by atoms with E-state index in [9.17, 15) is 19.7 Å². The molecule has 10 heteroatoms. The van der Waals surface area contributed by atoms with Gasteiger partial charge in [0.25, 0.3) is 17.5 Å². The predicted molar refractivity (Wildman–Crippen MR) is 114 cm³/mol. The van der Waals surface area contributed by atoms with Crippen LogP contribution >= 0.6 is 0 Å². The molecule has 2 aromatic carbocycles. The van der Waals surface area contributed by atoms with E-state index in [1.807, 2.05) is 13.8 Å². The summed E-state index contributed by atoms with van der Waals surface area (Å²) in [6, 6.07) is 11.8. The second-order valence-electron chi connectivity index (χ2n) is 7.70. The normalized spacial score (nSPS) is 14.0. The zero-order valence-corrected chi connectivity index (χ0v) is 16.9. The van der Waals surface area contributed by atoms with E-state index in [1.165, 1.54) is 24.3 Å². The van der Waals surface area contributed by atoms with Crippen LogP contribution in [0.1, 0.15) is 45.8 Å². The molecule has 31 heavy (non-hydrogen) atoms. The number of hydrogen-bond acceptors (Lipinski definition) is 6. The summed E-state index contributed by atoms with van der Waals surface area (Å²) in [6.07, 6.45) is 0. The summed E-state index contributed by atoms with van der Waals surface area (Å²) in [7, 11) is 0. The fourth-order valence-corrected chi connectivity index (χ4v) is 3.41. The van der Waals surface area contributed by atoms with Crippen LogP contribution in [0.25, 0.3) is 0 Å². The highest BCUT2D eigenvalue weighted by Gasteiger charge is 2.34. The molecule has 4 N–H and O–H groups in total. The van der Waals surface area contributed by atoms with Crippen molar-refractivity contribution in [1.82, 2.24) is 15.5 Å². The molecule has 4 rings (SSSR count). The molecule has 0 saturated carbocycles. The van der Waals surface area contributed by atoms with E-state index in [0.717, 1.165) is 11.3 Å². The standard InChI is InChI=1S/C21H20N6O4/c1-21(2)17-16(11-22-21)18(26-25-17)24-20(29)13-4-3-5-14(10-13)23-19(28)12-6-8-15(9-7-12)27(30)31/h3-10,22H,11H2,1-2H3,(H,23,28)(H2,24,25,26,29). The van der Waals surface area contributed by atoms with E-state index < -0.39 is 10.8 Å². The molecule has 1 aliphatic rings. The largest absolute Gasteiger partial charge is 0.322 e. The first-order valence-electron chi connectivity index (χ1n) is 9.54. The molecule has 0 bridgehead atoms. The first-order valence-corrected chi connectivity index (χ1v) is 9.54. The van der Waals surface area contributed by atoms with Gasteiger partial charge >= 0.3 is 0 Å². The fraction of sp³-hybridized carbons (Fsp3) is 0.190. The summed E-state index contributed by atoms with van der Waals surface area (Å²) >= 11 is 0. The minimum absolute atomic E-state index is 0.0985. The first kappa shape index (κ1) is 20.2. The third kappa shape index (κ3) is 4.01. The van der Waals surface area contributed by atoms with Gasteiger partial charge in [0, 0.05) is 41.1 Å². The minimum Gasteiger partial charge on any atom is -0.322 e. The molecule has 0 saturated heterocycles. The van der Waals surface area contributed by atoms with Crippen molar-refractivity contribution in [2.45, 2.75) is 25.9 Å². The number of carbonyl (C=O) groups excluding carboxylic acids is 2. The van der Waals surface area contributed by atoms with E-state index in [0.29, 0.717) is 23.6 Å². The quantitative estimate of drug-likeness (QED) is 0.369. The van der Waals surface area contributed by atoms with Crippen LogP contribution in [0, 0.1) is 10.1 Å². The summed E-state index contributed by atoms with van der Waals surface area (Å²) in [5, 5.41) is 26.8. The van der Waals surface area contributed by atoms with Crippen LogP contribution in [0.2, 0.25) is 0 Å². The molecule has 3 aromatic rings. The van der Waals surface area contributed by atoms with Crippen molar-refractivity contribution in [1.29, 1.82) is 0 Å². The van der Waals surface area contributed by atoms with Crippen molar-refractivity contribution in [3.05, 3.63) is 81.0 Å². The molecule has 158 valence electrons. The van der Waals surface area contributed by atoms with E-state index >= 15 is 0 Å². The number of hydrogen-bond donors (Lipinski definition) is 4. The summed E-state index contributed by atoms with van der Waals surface area (Å²) in [5.41, 5.74) is 2.55. The molecule has 0 unspecified atom stereocenters. The van der Waals surface area contributed by atoms with Crippen molar-refractivity contribution in [3.8, 4) is 0 Å². The number of H-pyrrole nitrogens is 1. The lowest BCUT2D eigenvalue weighted by molar-refractivity contribution is -0.384. The third-order valence-electron chi connectivity index (χ3n) is 5.15. The van der Waals surface area contributed by atoms with Crippen LogP contribution in [-0.4, -0.2) is 26.9 Å². The number of fused-ring (bicyclic) bond motifs is 1. The van der Waals surface area contributed by atoms with Crippen molar-refractivity contribution in [2.24, 2.45) is 0 Å². The van der Waals surface area contributed by atoms with Gasteiger partial charge in [0.05, 0.1) is 16.2 Å². The van der Waals surface area contributed by atoms with Gasteiger partial charge in [-0.1, -0.05) is 6.07 Å². The number of aromatic nitrogens is 2. The molecule has 0 spiro atoms. The molecule has 2 heterocycles. The van der Waals surface area contributed by atoms with Crippen LogP contribution in [-0.2, 0) is 12.1 Å². The summed E-state index contributed by atoms with van der Waals surface area (Å²) < 4.78 is 0. The maximum absolute atomic E-state index is 12.7. The Morgan fingerprint density at radius 1 is 1.06 bits per heavy atom. The van der Waals surface area contributed by atoms with Gasteiger partial charge in [0.2, 0.25) is 0 Å². The number of nitro benzene ring substituents is 1. The molecule has 0 radical (unpaired) electrons. The number of amides is 2. The molecule has 1 aliphatic heterocycles. The number of nitrogens with one attached hydrogen (secondary N) is 4. The first-order chi connectivity index (χ1) is 14.7. The van der Waals surface area contributed by atoms with Crippen LogP contribution in [0.5, 0.6) is 0 Å². The van der Waals surface area contributed by atoms with Gasteiger partial charge in [-0.25, -0.2) is 0 Å². The van der Waals surface area contributed by atoms with E-state index in [4.69, 9.17) is 0 Å².